The number of hydrogen-bond donors (Lipinski definition) is 0. The normalized spacial score (nSPS) is 11.3. The Hall–Kier alpha value is -1.77. The van der Waals surface area contributed by atoms with E-state index < -0.39 is 0 Å². The molecule has 0 fully saturated rings. The Labute approximate surface area is 176 Å². The minimum Gasteiger partial charge on any atom is -0.310 e. The van der Waals surface area contributed by atoms with Gasteiger partial charge in [-0.1, -0.05) is 91.6 Å². The van der Waals surface area contributed by atoms with Crippen LogP contribution in [0.4, 0.5) is 17.1 Å². The summed E-state index contributed by atoms with van der Waals surface area (Å²) in [5.41, 5.74) is 6.06. The topological polar surface area (TPSA) is 3.24 Å². The van der Waals surface area contributed by atoms with Gasteiger partial charge in [0.1, 0.15) is 0 Å². The molecule has 0 aliphatic carbocycles. The Morgan fingerprint density at radius 3 is 1.67 bits per heavy atom. The average molecular weight is 443 g/mol. The van der Waals surface area contributed by atoms with Crippen molar-refractivity contribution in [2.24, 2.45) is 0 Å². The highest BCUT2D eigenvalue weighted by Crippen LogP contribution is 2.43. The Balaban J connectivity index is 2.32. The van der Waals surface area contributed by atoms with Gasteiger partial charge < -0.3 is 4.90 Å². The molecule has 0 bridgehead atoms. The van der Waals surface area contributed by atoms with Crippen molar-refractivity contribution in [3.63, 3.8) is 0 Å². The van der Waals surface area contributed by atoms with Gasteiger partial charge in [-0.15, -0.1) is 0 Å². The lowest BCUT2D eigenvalue weighted by Gasteiger charge is -2.31. The fourth-order valence-corrected chi connectivity index (χ4v) is 4.28. The molecular formula is C24H25BrClN. The highest BCUT2D eigenvalue weighted by Gasteiger charge is 2.21. The Bertz CT molecular complexity index is 861. The SMILES string of the molecule is CC(C)c1ccccc1N(c1cc(Cl)cc(Br)c1)c1ccccc1C(C)C. The summed E-state index contributed by atoms with van der Waals surface area (Å²) in [6.07, 6.45) is 0. The molecule has 0 amide bonds. The second kappa shape index (κ2) is 8.50. The molecule has 0 atom stereocenters. The lowest BCUT2D eigenvalue weighted by Crippen LogP contribution is -2.15. The summed E-state index contributed by atoms with van der Waals surface area (Å²) in [4.78, 5) is 2.33. The first-order chi connectivity index (χ1) is 12.9. The predicted octanol–water partition coefficient (Wildman–Crippen LogP) is 8.82. The zero-order valence-electron chi connectivity index (χ0n) is 16.2. The van der Waals surface area contributed by atoms with E-state index in [9.17, 15) is 0 Å². The zero-order chi connectivity index (χ0) is 19.6. The summed E-state index contributed by atoms with van der Waals surface area (Å²) in [7, 11) is 0. The van der Waals surface area contributed by atoms with Crippen LogP contribution in [0.25, 0.3) is 0 Å². The highest BCUT2D eigenvalue weighted by atomic mass is 79.9. The molecule has 0 aliphatic rings. The van der Waals surface area contributed by atoms with Crippen LogP contribution in [0.1, 0.15) is 50.7 Å². The van der Waals surface area contributed by atoms with Crippen LogP contribution < -0.4 is 4.90 Å². The lowest BCUT2D eigenvalue weighted by molar-refractivity contribution is 0.854. The third-order valence-electron chi connectivity index (χ3n) is 4.70. The van der Waals surface area contributed by atoms with Crippen LogP contribution in [0.15, 0.2) is 71.2 Å². The van der Waals surface area contributed by atoms with Gasteiger partial charge in [0.25, 0.3) is 0 Å². The van der Waals surface area contributed by atoms with Crippen molar-refractivity contribution < 1.29 is 0 Å². The summed E-state index contributed by atoms with van der Waals surface area (Å²) >= 11 is 10.0. The van der Waals surface area contributed by atoms with Gasteiger partial charge >= 0.3 is 0 Å². The fourth-order valence-electron chi connectivity index (χ4n) is 3.44. The maximum atomic E-state index is 6.42. The van der Waals surface area contributed by atoms with Crippen LogP contribution >= 0.6 is 27.5 Å². The molecule has 0 spiro atoms. The molecule has 0 aromatic heterocycles. The van der Waals surface area contributed by atoms with Gasteiger partial charge in [0.05, 0.1) is 0 Å². The largest absolute Gasteiger partial charge is 0.310 e. The van der Waals surface area contributed by atoms with Gasteiger partial charge in [-0.05, 0) is 53.3 Å². The average Bonchev–Trinajstić information content (AvgIpc) is 2.62. The number of nitrogens with zero attached hydrogens (tertiary/aromatic N) is 1. The smallest absolute Gasteiger partial charge is 0.0496 e. The predicted molar refractivity (Wildman–Crippen MR) is 122 cm³/mol. The van der Waals surface area contributed by atoms with Gasteiger partial charge in [-0.3, -0.25) is 0 Å². The van der Waals surface area contributed by atoms with Crippen molar-refractivity contribution in [3.05, 3.63) is 87.4 Å². The summed E-state index contributed by atoms with van der Waals surface area (Å²) in [5.74, 6) is 0.829. The van der Waals surface area contributed by atoms with Gasteiger partial charge in [0, 0.05) is 26.6 Å². The van der Waals surface area contributed by atoms with E-state index in [1.807, 2.05) is 12.1 Å². The van der Waals surface area contributed by atoms with Crippen LogP contribution in [0.2, 0.25) is 5.02 Å². The van der Waals surface area contributed by atoms with E-state index >= 15 is 0 Å². The standard InChI is InChI=1S/C24H25BrClN/c1-16(2)21-9-5-7-11-23(21)27(20-14-18(25)13-19(26)15-20)24-12-8-6-10-22(24)17(3)4/h5-17H,1-4H3. The Morgan fingerprint density at radius 1 is 0.741 bits per heavy atom. The molecule has 140 valence electrons. The van der Waals surface area contributed by atoms with E-state index in [-0.39, 0.29) is 0 Å². The molecule has 27 heavy (non-hydrogen) atoms. The first-order valence-corrected chi connectivity index (χ1v) is 10.5. The number of halogens is 2. The monoisotopic (exact) mass is 441 g/mol. The van der Waals surface area contributed by atoms with Crippen molar-refractivity contribution in [3.8, 4) is 0 Å². The van der Waals surface area contributed by atoms with Gasteiger partial charge in [-0.25, -0.2) is 0 Å². The molecule has 3 aromatic rings. The van der Waals surface area contributed by atoms with Crippen LogP contribution in [0.3, 0.4) is 0 Å². The first kappa shape index (κ1) is 20.0. The Kier molecular flexibility index (Phi) is 6.29. The van der Waals surface area contributed by atoms with E-state index in [1.54, 1.807) is 0 Å². The molecule has 1 nitrogen and oxygen atoms in total. The summed E-state index contributed by atoms with van der Waals surface area (Å²) in [6, 6.07) is 23.3. The fraction of sp³-hybridized carbons (Fsp3) is 0.250. The summed E-state index contributed by atoms with van der Waals surface area (Å²) in [6.45, 7) is 8.94. The molecule has 3 aromatic carbocycles. The number of hydrogen-bond acceptors (Lipinski definition) is 1. The molecular weight excluding hydrogens is 418 g/mol. The Morgan fingerprint density at radius 2 is 1.22 bits per heavy atom. The molecule has 0 N–H and O–H groups in total. The van der Waals surface area contributed by atoms with Crippen LogP contribution in [0.5, 0.6) is 0 Å². The van der Waals surface area contributed by atoms with Crippen LogP contribution in [-0.4, -0.2) is 0 Å². The molecule has 0 unspecified atom stereocenters. The van der Waals surface area contributed by atoms with Crippen molar-refractivity contribution in [2.75, 3.05) is 4.90 Å². The maximum Gasteiger partial charge on any atom is 0.0496 e. The van der Waals surface area contributed by atoms with Crippen LogP contribution in [0, 0.1) is 0 Å². The molecule has 3 rings (SSSR count). The minimum absolute atomic E-state index is 0.414. The number of anilines is 3. The van der Waals surface area contributed by atoms with Gasteiger partial charge in [-0.2, -0.15) is 0 Å². The zero-order valence-corrected chi connectivity index (χ0v) is 18.6. The van der Waals surface area contributed by atoms with E-state index in [0.29, 0.717) is 16.9 Å². The van der Waals surface area contributed by atoms with Gasteiger partial charge in [0.2, 0.25) is 0 Å². The van der Waals surface area contributed by atoms with Gasteiger partial charge in [0.15, 0.2) is 0 Å². The number of rotatable bonds is 5. The maximum absolute atomic E-state index is 6.42. The highest BCUT2D eigenvalue weighted by molar-refractivity contribution is 9.10. The van der Waals surface area contributed by atoms with Crippen LogP contribution in [-0.2, 0) is 0 Å². The van der Waals surface area contributed by atoms with E-state index in [4.69, 9.17) is 11.6 Å². The van der Waals surface area contributed by atoms with E-state index in [1.165, 1.54) is 22.5 Å². The van der Waals surface area contributed by atoms with Crippen molar-refractivity contribution in [1.29, 1.82) is 0 Å². The first-order valence-electron chi connectivity index (χ1n) is 9.32. The number of para-hydroxylation sites is 2. The van der Waals surface area contributed by atoms with Crippen molar-refractivity contribution in [2.45, 2.75) is 39.5 Å². The van der Waals surface area contributed by atoms with Crippen molar-refractivity contribution >= 4 is 44.6 Å². The quantitative estimate of drug-likeness (QED) is 0.381. The summed E-state index contributed by atoms with van der Waals surface area (Å²) in [5, 5.41) is 0.716. The summed E-state index contributed by atoms with van der Waals surface area (Å²) < 4.78 is 0.971. The number of benzene rings is 3. The molecule has 0 aliphatic heterocycles. The minimum atomic E-state index is 0.414. The third-order valence-corrected chi connectivity index (χ3v) is 5.38. The van der Waals surface area contributed by atoms with Crippen molar-refractivity contribution in [1.82, 2.24) is 0 Å². The third kappa shape index (κ3) is 4.39. The molecule has 0 heterocycles. The second-order valence-corrected chi connectivity index (χ2v) is 8.74. The molecule has 3 heteroatoms. The molecule has 0 saturated carbocycles. The van der Waals surface area contributed by atoms with E-state index in [0.717, 1.165) is 10.2 Å². The second-order valence-electron chi connectivity index (χ2n) is 7.39. The molecule has 0 radical (unpaired) electrons. The van der Waals surface area contributed by atoms with E-state index in [2.05, 4.69) is 103 Å². The lowest BCUT2D eigenvalue weighted by atomic mass is 9.96. The molecule has 0 saturated heterocycles.